The quantitative estimate of drug-likeness (QED) is 0.138. The summed E-state index contributed by atoms with van der Waals surface area (Å²) >= 11 is 1.86. The van der Waals surface area contributed by atoms with Gasteiger partial charge in [0.15, 0.2) is 0 Å². The summed E-state index contributed by atoms with van der Waals surface area (Å²) in [5.41, 5.74) is 15.3. The Bertz CT molecular complexity index is 3570. The molecule has 12 rings (SSSR count). The van der Waals surface area contributed by atoms with Gasteiger partial charge in [-0.1, -0.05) is 212 Å². The predicted molar refractivity (Wildman–Crippen MR) is 276 cm³/mol. The van der Waals surface area contributed by atoms with E-state index in [0.29, 0.717) is 0 Å². The third-order valence-electron chi connectivity index (χ3n) is 12.7. The van der Waals surface area contributed by atoms with Gasteiger partial charge in [-0.2, -0.15) is 0 Å². The van der Waals surface area contributed by atoms with Crippen LogP contribution in [0.15, 0.2) is 249 Å². The zero-order valence-electron chi connectivity index (χ0n) is 35.0. The highest BCUT2D eigenvalue weighted by Gasteiger charge is 2.23. The van der Waals surface area contributed by atoms with Crippen LogP contribution >= 0.6 is 11.3 Å². The summed E-state index contributed by atoms with van der Waals surface area (Å²) in [4.78, 5) is 2.48. The molecule has 0 amide bonds. The molecule has 12 aromatic rings. The molecule has 300 valence electrons. The molecular formula is C62H41NS. The topological polar surface area (TPSA) is 3.24 Å². The van der Waals surface area contributed by atoms with Crippen molar-refractivity contribution < 1.29 is 0 Å². The predicted octanol–water partition coefficient (Wildman–Crippen LogP) is 18.2. The lowest BCUT2D eigenvalue weighted by molar-refractivity contribution is 1.29. The number of hydrogen-bond acceptors (Lipinski definition) is 2. The van der Waals surface area contributed by atoms with Crippen molar-refractivity contribution in [2.75, 3.05) is 4.90 Å². The minimum absolute atomic E-state index is 1.09. The van der Waals surface area contributed by atoms with Crippen molar-refractivity contribution in [3.63, 3.8) is 0 Å². The number of benzene rings is 11. The van der Waals surface area contributed by atoms with Gasteiger partial charge in [-0.05, 0) is 102 Å². The molecule has 0 radical (unpaired) electrons. The summed E-state index contributed by atoms with van der Waals surface area (Å²) in [5, 5.41) is 7.60. The average molecular weight is 832 g/mol. The second-order valence-corrected chi connectivity index (χ2v) is 17.5. The molecule has 1 heterocycles. The number of hydrogen-bond donors (Lipinski definition) is 0. The first-order valence-corrected chi connectivity index (χ1v) is 22.7. The van der Waals surface area contributed by atoms with Crippen molar-refractivity contribution in [3.05, 3.63) is 249 Å². The van der Waals surface area contributed by atoms with E-state index in [0.717, 1.165) is 17.1 Å². The first kappa shape index (κ1) is 37.7. The zero-order valence-corrected chi connectivity index (χ0v) is 35.8. The van der Waals surface area contributed by atoms with Crippen LogP contribution in [0.1, 0.15) is 0 Å². The van der Waals surface area contributed by atoms with Gasteiger partial charge in [0.05, 0.1) is 5.69 Å². The molecule has 2 heteroatoms. The van der Waals surface area contributed by atoms with E-state index in [4.69, 9.17) is 0 Å². The lowest BCUT2D eigenvalue weighted by atomic mass is 9.84. The van der Waals surface area contributed by atoms with Gasteiger partial charge in [-0.3, -0.25) is 0 Å². The van der Waals surface area contributed by atoms with Crippen LogP contribution in [-0.2, 0) is 0 Å². The van der Waals surface area contributed by atoms with E-state index in [-0.39, 0.29) is 0 Å². The summed E-state index contributed by atoms with van der Waals surface area (Å²) in [6.45, 7) is 0. The lowest BCUT2D eigenvalue weighted by Gasteiger charge is -2.30. The highest BCUT2D eigenvalue weighted by Crippen LogP contribution is 2.49. The van der Waals surface area contributed by atoms with Crippen molar-refractivity contribution >= 4 is 70.1 Å². The Balaban J connectivity index is 1.07. The molecule has 0 bridgehead atoms. The Morgan fingerprint density at radius 3 is 1.33 bits per heavy atom. The average Bonchev–Trinajstić information content (AvgIpc) is 3.75. The van der Waals surface area contributed by atoms with Gasteiger partial charge in [-0.25, -0.2) is 0 Å². The highest BCUT2D eigenvalue weighted by molar-refractivity contribution is 7.25. The van der Waals surface area contributed by atoms with Crippen LogP contribution in [0.2, 0.25) is 0 Å². The van der Waals surface area contributed by atoms with Gasteiger partial charge < -0.3 is 4.90 Å². The van der Waals surface area contributed by atoms with E-state index in [1.807, 2.05) is 11.3 Å². The first-order chi connectivity index (χ1) is 31.8. The molecule has 1 aromatic heterocycles. The van der Waals surface area contributed by atoms with Crippen LogP contribution in [-0.4, -0.2) is 0 Å². The second kappa shape index (κ2) is 16.0. The minimum atomic E-state index is 1.09. The van der Waals surface area contributed by atoms with Crippen molar-refractivity contribution in [1.29, 1.82) is 0 Å². The standard InChI is InChI=1S/C62H41NS/c1-5-18-43(19-6-1)50-29-17-30-51(44-20-7-2-8-21-44)62(50)63(49-37-39-55-54-27-15-16-31-58(54)64-59(55)41-49)48-35-32-42(33-36-48)47-34-38-53-52-26-13-14-28-56(52)60(45-22-9-3-10-23-45)61(57(53)40-47)46-24-11-4-12-25-46/h1-41H. The molecule has 0 N–H and O–H groups in total. The fourth-order valence-corrected chi connectivity index (χ4v) is 10.9. The van der Waals surface area contributed by atoms with E-state index in [1.54, 1.807) is 0 Å². The largest absolute Gasteiger partial charge is 0.309 e. The maximum atomic E-state index is 2.48. The lowest BCUT2D eigenvalue weighted by Crippen LogP contribution is -2.12. The summed E-state index contributed by atoms with van der Waals surface area (Å²) in [6.07, 6.45) is 0. The number of para-hydroxylation sites is 1. The van der Waals surface area contributed by atoms with Crippen LogP contribution in [0.3, 0.4) is 0 Å². The van der Waals surface area contributed by atoms with Crippen molar-refractivity contribution in [2.45, 2.75) is 0 Å². The number of fused-ring (bicyclic) bond motifs is 6. The van der Waals surface area contributed by atoms with Crippen molar-refractivity contribution in [1.82, 2.24) is 0 Å². The SMILES string of the molecule is c1ccc(-c2cccc(-c3ccccc3)c2N(c2ccc(-c3ccc4c(c3)c(-c3ccccc3)c(-c3ccccc3)c3ccccc34)cc2)c2ccc3c(c2)sc2ccccc23)cc1. The monoisotopic (exact) mass is 831 g/mol. The van der Waals surface area contributed by atoms with E-state index in [9.17, 15) is 0 Å². The molecule has 1 nitrogen and oxygen atoms in total. The summed E-state index contributed by atoms with van der Waals surface area (Å²) in [6, 6.07) is 91.0. The van der Waals surface area contributed by atoms with Crippen molar-refractivity contribution in [2.24, 2.45) is 0 Å². The van der Waals surface area contributed by atoms with E-state index in [1.165, 1.54) is 97.4 Å². The first-order valence-electron chi connectivity index (χ1n) is 21.9. The molecule has 0 fully saturated rings. The fraction of sp³-hybridized carbons (Fsp3) is 0. The summed E-state index contributed by atoms with van der Waals surface area (Å²) in [5.74, 6) is 0. The molecule has 0 saturated carbocycles. The van der Waals surface area contributed by atoms with Gasteiger partial charge in [0.2, 0.25) is 0 Å². The number of anilines is 3. The molecule has 64 heavy (non-hydrogen) atoms. The van der Waals surface area contributed by atoms with Gasteiger partial charge in [0.1, 0.15) is 0 Å². The van der Waals surface area contributed by atoms with Crippen molar-refractivity contribution in [3.8, 4) is 55.6 Å². The van der Waals surface area contributed by atoms with Crippen LogP contribution in [0.25, 0.3) is 97.4 Å². The van der Waals surface area contributed by atoms with Crippen LogP contribution in [0, 0.1) is 0 Å². The number of thiophene rings is 1. The molecule has 0 aliphatic rings. The smallest absolute Gasteiger partial charge is 0.0618 e. The van der Waals surface area contributed by atoms with Crippen LogP contribution < -0.4 is 4.90 Å². The van der Waals surface area contributed by atoms with E-state index < -0.39 is 0 Å². The number of nitrogens with zero attached hydrogens (tertiary/aromatic N) is 1. The third-order valence-corrected chi connectivity index (χ3v) is 13.8. The maximum absolute atomic E-state index is 2.48. The van der Waals surface area contributed by atoms with E-state index in [2.05, 4.69) is 254 Å². The maximum Gasteiger partial charge on any atom is 0.0618 e. The Kier molecular flexibility index (Phi) is 9.43. The molecule has 0 aliphatic heterocycles. The Hall–Kier alpha value is -8.04. The highest BCUT2D eigenvalue weighted by atomic mass is 32.1. The normalized spacial score (nSPS) is 11.4. The van der Waals surface area contributed by atoms with Gasteiger partial charge in [0, 0.05) is 42.7 Å². The molecule has 0 spiro atoms. The summed E-state index contributed by atoms with van der Waals surface area (Å²) < 4.78 is 2.57. The molecule has 0 saturated heterocycles. The van der Waals surface area contributed by atoms with Crippen LogP contribution in [0.5, 0.6) is 0 Å². The molecule has 0 atom stereocenters. The minimum Gasteiger partial charge on any atom is -0.309 e. The van der Waals surface area contributed by atoms with Crippen LogP contribution in [0.4, 0.5) is 17.1 Å². The summed E-state index contributed by atoms with van der Waals surface area (Å²) in [7, 11) is 0. The Morgan fingerprint density at radius 2 is 0.703 bits per heavy atom. The zero-order chi connectivity index (χ0) is 42.4. The Labute approximate surface area is 377 Å². The number of rotatable bonds is 8. The molecule has 11 aromatic carbocycles. The molecule has 0 unspecified atom stereocenters. The fourth-order valence-electron chi connectivity index (χ4n) is 9.73. The van der Waals surface area contributed by atoms with E-state index >= 15 is 0 Å². The van der Waals surface area contributed by atoms with Gasteiger partial charge in [-0.15, -0.1) is 11.3 Å². The second-order valence-electron chi connectivity index (χ2n) is 16.4. The van der Waals surface area contributed by atoms with Gasteiger partial charge in [0.25, 0.3) is 0 Å². The molecular weight excluding hydrogens is 791 g/mol. The molecule has 0 aliphatic carbocycles. The van der Waals surface area contributed by atoms with Gasteiger partial charge >= 0.3 is 0 Å². The third kappa shape index (κ3) is 6.55. The Morgan fingerprint density at radius 1 is 0.250 bits per heavy atom.